The van der Waals surface area contributed by atoms with E-state index < -0.39 is 0 Å². The van der Waals surface area contributed by atoms with Gasteiger partial charge in [0.2, 0.25) is 0 Å². The quantitative estimate of drug-likeness (QED) is 0.755. The summed E-state index contributed by atoms with van der Waals surface area (Å²) in [6.45, 7) is 8.63. The Kier molecular flexibility index (Phi) is 6.68. The minimum Gasteiger partial charge on any atom is -0.392 e. The van der Waals surface area contributed by atoms with Crippen LogP contribution in [-0.4, -0.2) is 66.3 Å². The molecule has 0 aliphatic carbocycles. The molecule has 116 valence electrons. The van der Waals surface area contributed by atoms with E-state index in [1.165, 1.54) is 19.3 Å². The lowest BCUT2D eigenvalue weighted by Gasteiger charge is -2.40. The maximum atomic E-state index is 5.89. The fourth-order valence-electron chi connectivity index (χ4n) is 3.28. The van der Waals surface area contributed by atoms with Gasteiger partial charge in [-0.3, -0.25) is 9.80 Å². The first-order valence-electron chi connectivity index (χ1n) is 8.08. The largest absolute Gasteiger partial charge is 0.392 e. The van der Waals surface area contributed by atoms with Gasteiger partial charge >= 0.3 is 0 Å². The topological polar surface area (TPSA) is 41.7 Å². The smallest absolute Gasteiger partial charge is 0.0902 e. The Hall–Kier alpha value is -0.230. The molecule has 2 saturated heterocycles. The number of piperazine rings is 1. The highest BCUT2D eigenvalue weighted by atomic mass is 32.1. The summed E-state index contributed by atoms with van der Waals surface area (Å²) in [5, 5.41) is 0. The van der Waals surface area contributed by atoms with Gasteiger partial charge in [0.15, 0.2) is 0 Å². The first-order chi connectivity index (χ1) is 9.70. The summed E-state index contributed by atoms with van der Waals surface area (Å²) in [6, 6.07) is 0.295. The van der Waals surface area contributed by atoms with Crippen LogP contribution in [0.4, 0.5) is 0 Å². The first-order valence-corrected chi connectivity index (χ1v) is 8.49. The molecule has 0 aromatic carbocycles. The Morgan fingerprint density at radius 1 is 1.30 bits per heavy atom. The molecule has 5 heteroatoms. The van der Waals surface area contributed by atoms with Crippen LogP contribution in [0.2, 0.25) is 0 Å². The Labute approximate surface area is 128 Å². The van der Waals surface area contributed by atoms with Gasteiger partial charge in [0.25, 0.3) is 0 Å². The van der Waals surface area contributed by atoms with Crippen molar-refractivity contribution in [3.8, 4) is 0 Å². The minimum atomic E-state index is 0.295. The predicted molar refractivity (Wildman–Crippen MR) is 87.1 cm³/mol. The van der Waals surface area contributed by atoms with Gasteiger partial charge in [0, 0.05) is 39.3 Å². The van der Waals surface area contributed by atoms with E-state index in [0.29, 0.717) is 17.1 Å². The summed E-state index contributed by atoms with van der Waals surface area (Å²) >= 11 is 5.23. The van der Waals surface area contributed by atoms with E-state index in [9.17, 15) is 0 Å². The minimum absolute atomic E-state index is 0.295. The second-order valence-electron chi connectivity index (χ2n) is 6.03. The highest BCUT2D eigenvalue weighted by Gasteiger charge is 2.26. The fraction of sp³-hybridized carbons (Fsp3) is 0.933. The van der Waals surface area contributed by atoms with Crippen molar-refractivity contribution in [1.29, 1.82) is 0 Å². The molecule has 2 aliphatic heterocycles. The number of hydrogen-bond acceptors (Lipinski definition) is 4. The molecule has 2 heterocycles. The SMILES string of the molecule is CCCC(C(N)=S)N1CCN(CC2CCCCO2)CC1. The highest BCUT2D eigenvalue weighted by molar-refractivity contribution is 7.80. The molecule has 2 atom stereocenters. The van der Waals surface area contributed by atoms with Gasteiger partial charge in [0.1, 0.15) is 0 Å². The molecule has 0 aromatic rings. The lowest BCUT2D eigenvalue weighted by atomic mass is 10.1. The molecular formula is C15H29N3OS. The zero-order valence-electron chi connectivity index (χ0n) is 12.7. The molecule has 2 unspecified atom stereocenters. The Morgan fingerprint density at radius 2 is 2.05 bits per heavy atom. The van der Waals surface area contributed by atoms with Gasteiger partial charge in [-0.1, -0.05) is 25.6 Å². The van der Waals surface area contributed by atoms with Crippen LogP contribution in [0.5, 0.6) is 0 Å². The van der Waals surface area contributed by atoms with Crippen molar-refractivity contribution in [2.24, 2.45) is 5.73 Å². The van der Waals surface area contributed by atoms with Crippen molar-refractivity contribution >= 4 is 17.2 Å². The van der Waals surface area contributed by atoms with Crippen molar-refractivity contribution in [2.45, 2.75) is 51.2 Å². The Bertz CT molecular complexity index is 299. The normalized spacial score (nSPS) is 27.4. The maximum Gasteiger partial charge on any atom is 0.0902 e. The average molecular weight is 299 g/mol. The van der Waals surface area contributed by atoms with Gasteiger partial charge in [-0.15, -0.1) is 0 Å². The molecular weight excluding hydrogens is 270 g/mol. The molecule has 0 amide bonds. The number of ether oxygens (including phenoxy) is 1. The average Bonchev–Trinajstić information content (AvgIpc) is 2.47. The lowest BCUT2D eigenvalue weighted by Crippen LogP contribution is -2.54. The van der Waals surface area contributed by atoms with Crippen LogP contribution in [0.1, 0.15) is 39.0 Å². The van der Waals surface area contributed by atoms with E-state index >= 15 is 0 Å². The summed E-state index contributed by atoms with van der Waals surface area (Å²) in [5.74, 6) is 0. The Morgan fingerprint density at radius 3 is 2.60 bits per heavy atom. The van der Waals surface area contributed by atoms with E-state index in [-0.39, 0.29) is 0 Å². The third kappa shape index (κ3) is 4.65. The number of nitrogens with two attached hydrogens (primary N) is 1. The van der Waals surface area contributed by atoms with Crippen molar-refractivity contribution in [3.63, 3.8) is 0 Å². The van der Waals surface area contributed by atoms with E-state index in [4.69, 9.17) is 22.7 Å². The number of rotatable bonds is 6. The second kappa shape index (κ2) is 8.27. The van der Waals surface area contributed by atoms with Gasteiger partial charge in [-0.2, -0.15) is 0 Å². The molecule has 0 spiro atoms. The number of thiocarbonyl (C=S) groups is 1. The van der Waals surface area contributed by atoms with Gasteiger partial charge in [-0.05, 0) is 25.7 Å². The second-order valence-corrected chi connectivity index (χ2v) is 6.50. The van der Waals surface area contributed by atoms with Crippen LogP contribution < -0.4 is 5.73 Å². The molecule has 2 rings (SSSR count). The molecule has 2 N–H and O–H groups in total. The predicted octanol–water partition coefficient (Wildman–Crippen LogP) is 1.63. The monoisotopic (exact) mass is 299 g/mol. The number of nitrogens with zero attached hydrogens (tertiary/aromatic N) is 2. The molecule has 2 fully saturated rings. The zero-order chi connectivity index (χ0) is 14.4. The van der Waals surface area contributed by atoms with Crippen molar-refractivity contribution in [2.75, 3.05) is 39.3 Å². The molecule has 4 nitrogen and oxygen atoms in total. The van der Waals surface area contributed by atoms with Gasteiger partial charge < -0.3 is 10.5 Å². The first kappa shape index (κ1) is 16.1. The molecule has 0 aromatic heterocycles. The molecule has 0 radical (unpaired) electrons. The molecule has 0 bridgehead atoms. The van der Waals surface area contributed by atoms with E-state index in [2.05, 4.69) is 16.7 Å². The van der Waals surface area contributed by atoms with Crippen molar-refractivity contribution in [1.82, 2.24) is 9.80 Å². The van der Waals surface area contributed by atoms with E-state index in [1.807, 2.05) is 0 Å². The van der Waals surface area contributed by atoms with Crippen LogP contribution in [0, 0.1) is 0 Å². The molecule has 20 heavy (non-hydrogen) atoms. The van der Waals surface area contributed by atoms with Crippen LogP contribution >= 0.6 is 12.2 Å². The lowest BCUT2D eigenvalue weighted by molar-refractivity contribution is -0.0153. The Balaban J connectivity index is 1.74. The zero-order valence-corrected chi connectivity index (χ0v) is 13.5. The van der Waals surface area contributed by atoms with E-state index in [1.54, 1.807) is 0 Å². The van der Waals surface area contributed by atoms with Crippen molar-refractivity contribution < 1.29 is 4.74 Å². The maximum absolute atomic E-state index is 5.89. The third-order valence-corrected chi connectivity index (χ3v) is 4.75. The summed E-state index contributed by atoms with van der Waals surface area (Å²) in [6.07, 6.45) is 6.46. The van der Waals surface area contributed by atoms with Crippen LogP contribution in [0.25, 0.3) is 0 Å². The van der Waals surface area contributed by atoms with Crippen LogP contribution in [-0.2, 0) is 4.74 Å². The van der Waals surface area contributed by atoms with Gasteiger partial charge in [-0.25, -0.2) is 0 Å². The molecule has 0 saturated carbocycles. The fourth-order valence-corrected chi connectivity index (χ4v) is 3.54. The summed E-state index contributed by atoms with van der Waals surface area (Å²) in [5.41, 5.74) is 5.89. The summed E-state index contributed by atoms with van der Waals surface area (Å²) < 4.78 is 5.84. The summed E-state index contributed by atoms with van der Waals surface area (Å²) in [4.78, 5) is 5.66. The van der Waals surface area contributed by atoms with Crippen molar-refractivity contribution in [3.05, 3.63) is 0 Å². The van der Waals surface area contributed by atoms with Gasteiger partial charge in [0.05, 0.1) is 17.1 Å². The third-order valence-electron chi connectivity index (χ3n) is 4.47. The van der Waals surface area contributed by atoms with Crippen LogP contribution in [0.3, 0.4) is 0 Å². The van der Waals surface area contributed by atoms with Crippen LogP contribution in [0.15, 0.2) is 0 Å². The molecule has 2 aliphatic rings. The standard InChI is InChI=1S/C15H29N3OS/c1-2-5-14(15(16)20)18-9-7-17(8-10-18)12-13-6-3-4-11-19-13/h13-14H,2-12H2,1H3,(H2,16,20). The van der Waals surface area contributed by atoms with E-state index in [0.717, 1.165) is 52.2 Å². The summed E-state index contributed by atoms with van der Waals surface area (Å²) in [7, 11) is 0. The highest BCUT2D eigenvalue weighted by Crippen LogP contribution is 2.16. The number of hydrogen-bond donors (Lipinski definition) is 1.